The molecule has 0 aromatic carbocycles. The lowest BCUT2D eigenvalue weighted by molar-refractivity contribution is 0.0818. The van der Waals surface area contributed by atoms with Crippen LogP contribution in [-0.4, -0.2) is 61.7 Å². The van der Waals surface area contributed by atoms with Gasteiger partial charge in [-0.15, -0.1) is 0 Å². The van der Waals surface area contributed by atoms with E-state index in [9.17, 15) is 0 Å². The van der Waals surface area contributed by atoms with Gasteiger partial charge in [0.15, 0.2) is 0 Å². The van der Waals surface area contributed by atoms with Gasteiger partial charge in [0.25, 0.3) is 0 Å². The van der Waals surface area contributed by atoms with E-state index < -0.39 is 0 Å². The number of nitrogens with one attached hydrogen (secondary N) is 1. The molecule has 0 aromatic heterocycles. The molecule has 3 nitrogen and oxygen atoms in total. The Morgan fingerprint density at radius 1 is 1.00 bits per heavy atom. The molecule has 1 heterocycles. The quantitative estimate of drug-likeness (QED) is 0.739. The van der Waals surface area contributed by atoms with E-state index in [1.54, 1.807) is 0 Å². The van der Waals surface area contributed by atoms with E-state index in [-0.39, 0.29) is 0 Å². The van der Waals surface area contributed by atoms with Crippen LogP contribution >= 0.6 is 0 Å². The van der Waals surface area contributed by atoms with Gasteiger partial charge in [-0.05, 0) is 17.8 Å². The Morgan fingerprint density at radius 2 is 1.55 bits per heavy atom. The van der Waals surface area contributed by atoms with E-state index in [1.807, 2.05) is 0 Å². The molecule has 0 aliphatic carbocycles. The zero-order chi connectivity index (χ0) is 15.2. The van der Waals surface area contributed by atoms with E-state index in [0.717, 1.165) is 12.5 Å². The molecule has 1 N–H and O–H groups in total. The van der Waals surface area contributed by atoms with Crippen molar-refractivity contribution in [2.24, 2.45) is 11.3 Å². The average Bonchev–Trinajstić information content (AvgIpc) is 2.38. The fourth-order valence-electron chi connectivity index (χ4n) is 2.93. The molecular formula is C17H37N3. The summed E-state index contributed by atoms with van der Waals surface area (Å²) in [6.45, 7) is 22.5. The minimum absolute atomic E-state index is 0.407. The molecule has 0 aromatic rings. The van der Waals surface area contributed by atoms with Crippen LogP contribution in [-0.2, 0) is 0 Å². The van der Waals surface area contributed by atoms with Gasteiger partial charge in [0.05, 0.1) is 0 Å². The number of rotatable bonds is 8. The SMILES string of the molecule is CCC(C)(CNC(C)C)CN1CCN(CC(C)C)CC1. The van der Waals surface area contributed by atoms with Crippen molar-refractivity contribution in [3.8, 4) is 0 Å². The van der Waals surface area contributed by atoms with Crippen LogP contribution in [0.3, 0.4) is 0 Å². The van der Waals surface area contributed by atoms with Crippen molar-refractivity contribution >= 4 is 0 Å². The lowest BCUT2D eigenvalue weighted by Gasteiger charge is -2.41. The summed E-state index contributed by atoms with van der Waals surface area (Å²) in [5.74, 6) is 0.790. The summed E-state index contributed by atoms with van der Waals surface area (Å²) < 4.78 is 0. The second kappa shape index (κ2) is 8.35. The third-order valence-corrected chi connectivity index (χ3v) is 4.48. The first-order valence-electron chi connectivity index (χ1n) is 8.53. The average molecular weight is 284 g/mol. The first-order chi connectivity index (χ1) is 9.34. The molecule has 1 aliphatic heterocycles. The minimum atomic E-state index is 0.407. The van der Waals surface area contributed by atoms with Crippen molar-refractivity contribution in [1.29, 1.82) is 0 Å². The van der Waals surface area contributed by atoms with Gasteiger partial charge in [-0.1, -0.05) is 41.5 Å². The van der Waals surface area contributed by atoms with E-state index in [4.69, 9.17) is 0 Å². The molecular weight excluding hydrogens is 246 g/mol. The molecule has 1 fully saturated rings. The van der Waals surface area contributed by atoms with Crippen LogP contribution in [0.4, 0.5) is 0 Å². The van der Waals surface area contributed by atoms with Crippen molar-refractivity contribution < 1.29 is 0 Å². The molecule has 0 radical (unpaired) electrons. The summed E-state index contributed by atoms with van der Waals surface area (Å²) in [4.78, 5) is 5.29. The van der Waals surface area contributed by atoms with E-state index in [1.165, 1.54) is 45.7 Å². The molecule has 0 amide bonds. The summed E-state index contributed by atoms with van der Waals surface area (Å²) >= 11 is 0. The molecule has 20 heavy (non-hydrogen) atoms. The van der Waals surface area contributed by atoms with Gasteiger partial charge < -0.3 is 15.1 Å². The van der Waals surface area contributed by atoms with Gasteiger partial charge in [0, 0.05) is 51.9 Å². The number of nitrogens with zero attached hydrogens (tertiary/aromatic N) is 2. The van der Waals surface area contributed by atoms with Crippen molar-refractivity contribution in [3.05, 3.63) is 0 Å². The van der Waals surface area contributed by atoms with Gasteiger partial charge in [-0.3, -0.25) is 0 Å². The van der Waals surface area contributed by atoms with E-state index >= 15 is 0 Å². The summed E-state index contributed by atoms with van der Waals surface area (Å²) in [5, 5.41) is 3.62. The minimum Gasteiger partial charge on any atom is -0.314 e. The summed E-state index contributed by atoms with van der Waals surface area (Å²) in [7, 11) is 0. The maximum atomic E-state index is 3.62. The van der Waals surface area contributed by atoms with Gasteiger partial charge in [0.1, 0.15) is 0 Å². The summed E-state index contributed by atoms with van der Waals surface area (Å²) in [6, 6.07) is 0.587. The number of hydrogen-bond donors (Lipinski definition) is 1. The van der Waals surface area contributed by atoms with Crippen LogP contribution in [0.5, 0.6) is 0 Å². The monoisotopic (exact) mass is 283 g/mol. The molecule has 0 saturated carbocycles. The van der Waals surface area contributed by atoms with Crippen molar-refractivity contribution in [3.63, 3.8) is 0 Å². The normalized spacial score (nSPS) is 21.6. The van der Waals surface area contributed by atoms with Crippen molar-refractivity contribution in [2.75, 3.05) is 45.8 Å². The largest absolute Gasteiger partial charge is 0.314 e. The molecule has 0 bridgehead atoms. The predicted molar refractivity (Wildman–Crippen MR) is 89.3 cm³/mol. The smallest absolute Gasteiger partial charge is 0.0110 e. The van der Waals surface area contributed by atoms with Crippen molar-refractivity contribution in [2.45, 2.75) is 54.0 Å². The maximum Gasteiger partial charge on any atom is 0.0110 e. The van der Waals surface area contributed by atoms with Gasteiger partial charge in [-0.2, -0.15) is 0 Å². The zero-order valence-corrected chi connectivity index (χ0v) is 14.7. The van der Waals surface area contributed by atoms with E-state index in [2.05, 4.69) is 56.7 Å². The highest BCUT2D eigenvalue weighted by molar-refractivity contribution is 4.83. The zero-order valence-electron chi connectivity index (χ0n) is 14.7. The number of piperazine rings is 1. The second-order valence-corrected chi connectivity index (χ2v) is 7.67. The summed E-state index contributed by atoms with van der Waals surface area (Å²) in [6.07, 6.45) is 1.25. The molecule has 1 rings (SSSR count). The Bertz CT molecular complexity index is 257. The maximum absolute atomic E-state index is 3.62. The second-order valence-electron chi connectivity index (χ2n) is 7.67. The topological polar surface area (TPSA) is 18.5 Å². The van der Waals surface area contributed by atoms with Crippen LogP contribution < -0.4 is 5.32 Å². The molecule has 1 aliphatic rings. The van der Waals surface area contributed by atoms with Crippen LogP contribution in [0, 0.1) is 11.3 Å². The fraction of sp³-hybridized carbons (Fsp3) is 1.00. The molecule has 3 heteroatoms. The Kier molecular flexibility index (Phi) is 7.49. The Labute approximate surface area is 127 Å². The Balaban J connectivity index is 2.36. The van der Waals surface area contributed by atoms with Crippen LogP contribution in [0.1, 0.15) is 48.0 Å². The lowest BCUT2D eigenvalue weighted by atomic mass is 9.86. The predicted octanol–water partition coefficient (Wildman–Crippen LogP) is 2.67. The highest BCUT2D eigenvalue weighted by Gasteiger charge is 2.27. The number of hydrogen-bond acceptors (Lipinski definition) is 3. The first-order valence-corrected chi connectivity index (χ1v) is 8.53. The third kappa shape index (κ3) is 6.55. The molecule has 0 spiro atoms. The summed E-state index contributed by atoms with van der Waals surface area (Å²) in [5.41, 5.74) is 0.407. The van der Waals surface area contributed by atoms with Crippen molar-refractivity contribution in [1.82, 2.24) is 15.1 Å². The lowest BCUT2D eigenvalue weighted by Crippen LogP contribution is -2.51. The fourth-order valence-corrected chi connectivity index (χ4v) is 2.93. The first kappa shape index (κ1) is 17.9. The standard InChI is InChI=1S/C17H37N3/c1-7-17(6,13-18-16(4)5)14-20-10-8-19(9-11-20)12-15(2)3/h15-16,18H,7-14H2,1-6H3. The molecule has 1 unspecified atom stereocenters. The highest BCUT2D eigenvalue weighted by Crippen LogP contribution is 2.22. The molecule has 120 valence electrons. The van der Waals surface area contributed by atoms with Gasteiger partial charge >= 0.3 is 0 Å². The van der Waals surface area contributed by atoms with Crippen LogP contribution in [0.2, 0.25) is 0 Å². The highest BCUT2D eigenvalue weighted by atomic mass is 15.3. The molecule has 1 atom stereocenters. The Morgan fingerprint density at radius 3 is 2.00 bits per heavy atom. The molecule has 1 saturated heterocycles. The van der Waals surface area contributed by atoms with Crippen LogP contribution in [0.25, 0.3) is 0 Å². The van der Waals surface area contributed by atoms with E-state index in [0.29, 0.717) is 11.5 Å². The third-order valence-electron chi connectivity index (χ3n) is 4.48. The van der Waals surface area contributed by atoms with Crippen LogP contribution in [0.15, 0.2) is 0 Å². The van der Waals surface area contributed by atoms with Gasteiger partial charge in [-0.25, -0.2) is 0 Å². The Hall–Kier alpha value is -0.120. The van der Waals surface area contributed by atoms with Gasteiger partial charge in [0.2, 0.25) is 0 Å².